The fraction of sp³-hybridized carbons (Fsp3) is 0.786. The maximum absolute atomic E-state index is 11.8. The number of hydrogen-bond donors (Lipinski definition) is 2. The first-order chi connectivity index (χ1) is 9.43. The molecule has 1 aromatic heterocycles. The van der Waals surface area contributed by atoms with Crippen LogP contribution >= 0.6 is 15.9 Å². The highest BCUT2D eigenvalue weighted by molar-refractivity contribution is 9.09. The Kier molecular flexibility index (Phi) is 7.19. The van der Waals surface area contributed by atoms with Crippen molar-refractivity contribution in [1.82, 2.24) is 15.2 Å². The van der Waals surface area contributed by atoms with Gasteiger partial charge < -0.3 is 0 Å². The summed E-state index contributed by atoms with van der Waals surface area (Å²) in [5.41, 5.74) is -0.502. The Balaban J connectivity index is 2.75. The number of H-pyrrole nitrogens is 2. The molecule has 3 unspecified atom stereocenters. The zero-order valence-electron chi connectivity index (χ0n) is 12.4. The van der Waals surface area contributed by atoms with Crippen LogP contribution in [0.4, 0.5) is 0 Å². The molecule has 0 aliphatic rings. The molecule has 0 aliphatic heterocycles. The Hall–Kier alpha value is -0.910. The van der Waals surface area contributed by atoms with Crippen molar-refractivity contribution in [3.63, 3.8) is 0 Å². The van der Waals surface area contributed by atoms with Gasteiger partial charge in [-0.2, -0.15) is 5.10 Å². The summed E-state index contributed by atoms with van der Waals surface area (Å²) < 4.78 is 0. The normalized spacial score (nSPS) is 15.8. The van der Waals surface area contributed by atoms with Crippen molar-refractivity contribution in [1.29, 1.82) is 0 Å². The molecule has 0 saturated carbocycles. The van der Waals surface area contributed by atoms with Gasteiger partial charge in [-0.15, -0.1) is 0 Å². The van der Waals surface area contributed by atoms with Gasteiger partial charge in [0.25, 0.3) is 5.56 Å². The van der Waals surface area contributed by atoms with E-state index in [4.69, 9.17) is 0 Å². The minimum absolute atomic E-state index is 0.0451. The molecule has 0 aliphatic carbocycles. The molecule has 1 aromatic rings. The van der Waals surface area contributed by atoms with Gasteiger partial charge in [0.15, 0.2) is 0 Å². The monoisotopic (exact) mass is 345 g/mol. The van der Waals surface area contributed by atoms with E-state index in [1.807, 2.05) is 6.92 Å². The minimum atomic E-state index is -0.553. The molecule has 0 spiro atoms. The average Bonchev–Trinajstić information content (AvgIpc) is 2.35. The number of alkyl halides is 1. The van der Waals surface area contributed by atoms with E-state index in [1.54, 1.807) is 0 Å². The summed E-state index contributed by atoms with van der Waals surface area (Å²) in [4.78, 5) is 25.5. The van der Waals surface area contributed by atoms with Gasteiger partial charge >= 0.3 is 5.69 Å². The molecular weight excluding hydrogens is 322 g/mol. The predicted octanol–water partition coefficient (Wildman–Crippen LogP) is 2.93. The Labute approximate surface area is 127 Å². The van der Waals surface area contributed by atoms with Crippen LogP contribution in [0.1, 0.15) is 64.5 Å². The van der Waals surface area contributed by atoms with Crippen molar-refractivity contribution in [3.8, 4) is 0 Å². The summed E-state index contributed by atoms with van der Waals surface area (Å²) >= 11 is 3.61. The molecule has 2 N–H and O–H groups in total. The van der Waals surface area contributed by atoms with E-state index in [0.29, 0.717) is 16.4 Å². The highest BCUT2D eigenvalue weighted by atomic mass is 79.9. The number of unbranched alkanes of at least 4 members (excludes halogenated alkanes) is 1. The second-order valence-corrected chi connectivity index (χ2v) is 7.12. The van der Waals surface area contributed by atoms with Crippen molar-refractivity contribution in [2.24, 2.45) is 5.92 Å². The summed E-state index contributed by atoms with van der Waals surface area (Å²) in [6, 6.07) is 0. The number of nitrogens with zero attached hydrogens (tertiary/aromatic N) is 1. The van der Waals surface area contributed by atoms with Crippen LogP contribution in [0.25, 0.3) is 0 Å². The smallest absolute Gasteiger partial charge is 0.271 e. The molecule has 1 rings (SSSR count). The molecule has 0 bridgehead atoms. The number of nitrogens with one attached hydrogen (secondary N) is 2. The van der Waals surface area contributed by atoms with Crippen LogP contribution in [0.3, 0.4) is 0 Å². The fourth-order valence-corrected chi connectivity index (χ4v) is 3.12. The van der Waals surface area contributed by atoms with Gasteiger partial charge in [0.2, 0.25) is 0 Å². The molecule has 0 amide bonds. The molecule has 20 heavy (non-hydrogen) atoms. The Morgan fingerprint density at radius 1 is 1.25 bits per heavy atom. The van der Waals surface area contributed by atoms with Crippen LogP contribution in [-0.4, -0.2) is 20.0 Å². The molecular formula is C14H24BrN3O2. The third kappa shape index (κ3) is 5.61. The number of aromatic nitrogens is 3. The predicted molar refractivity (Wildman–Crippen MR) is 84.5 cm³/mol. The van der Waals surface area contributed by atoms with Crippen molar-refractivity contribution in [2.45, 2.75) is 63.6 Å². The lowest BCUT2D eigenvalue weighted by molar-refractivity contribution is 0.377. The Morgan fingerprint density at radius 2 is 1.95 bits per heavy atom. The average molecular weight is 346 g/mol. The molecule has 114 valence electrons. The minimum Gasteiger partial charge on any atom is -0.271 e. The van der Waals surface area contributed by atoms with Crippen LogP contribution in [-0.2, 0) is 0 Å². The van der Waals surface area contributed by atoms with E-state index in [-0.39, 0.29) is 11.5 Å². The summed E-state index contributed by atoms with van der Waals surface area (Å²) in [5.74, 6) is 0.608. The summed E-state index contributed by atoms with van der Waals surface area (Å²) in [7, 11) is 0. The Morgan fingerprint density at radius 3 is 2.50 bits per heavy atom. The lowest BCUT2D eigenvalue weighted by Crippen LogP contribution is -2.29. The third-order valence-corrected chi connectivity index (χ3v) is 3.89. The van der Waals surface area contributed by atoms with Crippen molar-refractivity contribution in [2.75, 3.05) is 0 Å². The fourth-order valence-electron chi connectivity index (χ4n) is 2.59. The topological polar surface area (TPSA) is 78.6 Å². The molecule has 3 atom stereocenters. The maximum atomic E-state index is 11.8. The molecule has 0 radical (unpaired) electrons. The molecule has 5 nitrogen and oxygen atoms in total. The maximum Gasteiger partial charge on any atom is 0.342 e. The number of aromatic amines is 2. The number of rotatable bonds is 8. The lowest BCUT2D eigenvalue weighted by atomic mass is 9.87. The van der Waals surface area contributed by atoms with Crippen molar-refractivity contribution < 1.29 is 0 Å². The van der Waals surface area contributed by atoms with Gasteiger partial charge in [-0.3, -0.25) is 9.78 Å². The highest BCUT2D eigenvalue weighted by Crippen LogP contribution is 2.28. The van der Waals surface area contributed by atoms with Crippen LogP contribution in [0.5, 0.6) is 0 Å². The second kappa shape index (κ2) is 8.39. The lowest BCUT2D eigenvalue weighted by Gasteiger charge is -2.21. The van der Waals surface area contributed by atoms with Gasteiger partial charge in [-0.1, -0.05) is 56.0 Å². The Bertz CT molecular complexity index is 510. The first-order valence-electron chi connectivity index (χ1n) is 7.27. The van der Waals surface area contributed by atoms with Gasteiger partial charge in [0.1, 0.15) is 5.69 Å². The second-order valence-electron chi connectivity index (χ2n) is 5.55. The van der Waals surface area contributed by atoms with E-state index < -0.39 is 5.69 Å². The molecule has 6 heteroatoms. The summed E-state index contributed by atoms with van der Waals surface area (Å²) in [6.07, 6.45) is 5.55. The first kappa shape index (κ1) is 17.1. The molecule has 1 heterocycles. The van der Waals surface area contributed by atoms with Crippen LogP contribution < -0.4 is 11.2 Å². The van der Waals surface area contributed by atoms with Crippen LogP contribution in [0.15, 0.2) is 9.59 Å². The molecule has 0 fully saturated rings. The first-order valence-corrected chi connectivity index (χ1v) is 8.18. The zero-order chi connectivity index (χ0) is 15.1. The quantitative estimate of drug-likeness (QED) is 0.711. The van der Waals surface area contributed by atoms with Gasteiger partial charge in [0.05, 0.1) is 0 Å². The standard InChI is InChI=1S/C14H24BrN3O2/c1-4-5-6-11(8-10(3)15)7-9(2)12-13(19)16-14(20)18-17-12/h9-11H,4-8H2,1-3H3,(H2,16,18,19,20). The SMILES string of the molecule is CCCCC(CC(C)Br)CC(C)c1n[nH]c(=O)[nH]c1=O. The van der Waals surface area contributed by atoms with Gasteiger partial charge in [-0.25, -0.2) is 9.89 Å². The van der Waals surface area contributed by atoms with E-state index in [0.717, 1.165) is 19.3 Å². The largest absolute Gasteiger partial charge is 0.342 e. The van der Waals surface area contributed by atoms with Crippen LogP contribution in [0, 0.1) is 5.92 Å². The number of halogens is 1. The highest BCUT2D eigenvalue weighted by Gasteiger charge is 2.19. The zero-order valence-corrected chi connectivity index (χ0v) is 14.0. The van der Waals surface area contributed by atoms with E-state index in [2.05, 4.69) is 45.0 Å². The van der Waals surface area contributed by atoms with Crippen molar-refractivity contribution >= 4 is 15.9 Å². The van der Waals surface area contributed by atoms with E-state index in [1.165, 1.54) is 12.8 Å². The molecule has 0 saturated heterocycles. The summed E-state index contributed by atoms with van der Waals surface area (Å²) in [5, 5.41) is 6.21. The summed E-state index contributed by atoms with van der Waals surface area (Å²) in [6.45, 7) is 6.33. The van der Waals surface area contributed by atoms with Crippen LogP contribution in [0.2, 0.25) is 0 Å². The van der Waals surface area contributed by atoms with E-state index >= 15 is 0 Å². The van der Waals surface area contributed by atoms with E-state index in [9.17, 15) is 9.59 Å². The van der Waals surface area contributed by atoms with Crippen molar-refractivity contribution in [3.05, 3.63) is 26.5 Å². The number of hydrogen-bond acceptors (Lipinski definition) is 3. The molecule has 0 aromatic carbocycles. The van der Waals surface area contributed by atoms with Gasteiger partial charge in [0, 0.05) is 10.7 Å². The third-order valence-electron chi connectivity index (χ3n) is 3.52. The van der Waals surface area contributed by atoms with Gasteiger partial charge in [-0.05, 0) is 18.8 Å².